The smallest absolute Gasteiger partial charge is 0.230 e. The molecule has 1 saturated heterocycles. The van der Waals surface area contributed by atoms with Crippen molar-refractivity contribution in [1.82, 2.24) is 19.6 Å². The number of rotatable bonds is 4. The van der Waals surface area contributed by atoms with E-state index in [2.05, 4.69) is 29.4 Å². The normalized spacial score (nSPS) is 21.1. The third-order valence-electron chi connectivity index (χ3n) is 4.19. The van der Waals surface area contributed by atoms with Crippen LogP contribution in [-0.2, 0) is 23.6 Å². The van der Waals surface area contributed by atoms with Gasteiger partial charge in [-0.3, -0.25) is 14.2 Å². The highest BCUT2D eigenvalue weighted by Crippen LogP contribution is 2.30. The van der Waals surface area contributed by atoms with Gasteiger partial charge in [0, 0.05) is 38.7 Å². The molecule has 0 aromatic carbocycles. The largest absolute Gasteiger partial charge is 0.377 e. The molecule has 1 aliphatic rings. The summed E-state index contributed by atoms with van der Waals surface area (Å²) in [4.78, 5) is 12.7. The minimum absolute atomic E-state index is 0.000611. The van der Waals surface area contributed by atoms with Gasteiger partial charge in [0.1, 0.15) is 5.69 Å². The van der Waals surface area contributed by atoms with Crippen molar-refractivity contribution < 1.29 is 9.53 Å². The van der Waals surface area contributed by atoms with Crippen LogP contribution in [0.15, 0.2) is 18.6 Å². The molecule has 1 N–H and O–H groups in total. The Kier molecular flexibility index (Phi) is 4.21. The van der Waals surface area contributed by atoms with Crippen molar-refractivity contribution >= 4 is 11.6 Å². The first kappa shape index (κ1) is 15.7. The van der Waals surface area contributed by atoms with Gasteiger partial charge in [-0.2, -0.15) is 10.2 Å². The summed E-state index contributed by atoms with van der Waals surface area (Å²) in [5.74, 6) is 0.205. The van der Waals surface area contributed by atoms with Crippen molar-refractivity contribution in [2.24, 2.45) is 25.9 Å². The highest BCUT2D eigenvalue weighted by Gasteiger charge is 2.36. The number of carbonyl (C=O) groups is 1. The van der Waals surface area contributed by atoms with Crippen molar-refractivity contribution in [3.05, 3.63) is 18.6 Å². The maximum Gasteiger partial charge on any atom is 0.230 e. The van der Waals surface area contributed by atoms with E-state index in [0.29, 0.717) is 18.2 Å². The Morgan fingerprint density at radius 3 is 2.78 bits per heavy atom. The molecule has 3 rings (SSSR count). The Balaban J connectivity index is 1.82. The Bertz CT molecular complexity index is 703. The number of hydrogen-bond donors (Lipinski definition) is 1. The van der Waals surface area contributed by atoms with E-state index in [1.807, 2.05) is 26.5 Å². The summed E-state index contributed by atoms with van der Waals surface area (Å²) >= 11 is 0. The number of nitrogens with zero attached hydrogens (tertiary/aromatic N) is 4. The fourth-order valence-corrected chi connectivity index (χ4v) is 3.11. The summed E-state index contributed by atoms with van der Waals surface area (Å²) in [6.45, 7) is 4.81. The maximum absolute atomic E-state index is 12.7. The van der Waals surface area contributed by atoms with Crippen LogP contribution in [0, 0.1) is 11.8 Å². The van der Waals surface area contributed by atoms with Crippen LogP contribution < -0.4 is 5.32 Å². The summed E-state index contributed by atoms with van der Waals surface area (Å²) in [6, 6.07) is 0. The number of nitrogens with one attached hydrogen (secondary N) is 1. The summed E-state index contributed by atoms with van der Waals surface area (Å²) < 4.78 is 9.13. The minimum atomic E-state index is -0.114. The Morgan fingerprint density at radius 1 is 1.35 bits per heavy atom. The molecule has 0 spiro atoms. The molecule has 7 nitrogen and oxygen atoms in total. The molecule has 1 amide bonds. The third kappa shape index (κ3) is 3.14. The molecule has 2 aromatic heterocycles. The lowest BCUT2D eigenvalue weighted by molar-refractivity contribution is -0.122. The number of aromatic nitrogens is 4. The molecule has 2 atom stereocenters. The summed E-state index contributed by atoms with van der Waals surface area (Å²) in [7, 11) is 3.69. The molecule has 23 heavy (non-hydrogen) atoms. The van der Waals surface area contributed by atoms with Crippen LogP contribution in [0.25, 0.3) is 11.3 Å². The molecule has 1 aliphatic heterocycles. The van der Waals surface area contributed by atoms with Crippen LogP contribution in [0.5, 0.6) is 0 Å². The van der Waals surface area contributed by atoms with Crippen molar-refractivity contribution in [2.75, 3.05) is 11.9 Å². The van der Waals surface area contributed by atoms with Gasteiger partial charge in [0.05, 0.1) is 23.9 Å². The Hall–Kier alpha value is -2.15. The summed E-state index contributed by atoms with van der Waals surface area (Å²) in [5.41, 5.74) is 2.32. The van der Waals surface area contributed by atoms with Crippen molar-refractivity contribution in [2.45, 2.75) is 26.4 Å². The fraction of sp³-hybridized carbons (Fsp3) is 0.562. The van der Waals surface area contributed by atoms with Gasteiger partial charge in [-0.1, -0.05) is 13.8 Å². The molecule has 0 radical (unpaired) electrons. The number of aryl methyl sites for hydroxylation is 2. The molecular weight excluding hydrogens is 294 g/mol. The molecule has 3 heterocycles. The van der Waals surface area contributed by atoms with Gasteiger partial charge in [-0.15, -0.1) is 0 Å². The molecule has 1 fully saturated rings. The highest BCUT2D eigenvalue weighted by molar-refractivity contribution is 5.96. The molecule has 2 unspecified atom stereocenters. The SMILES string of the molecule is CC(C)C1OCCC1C(=O)Nc1cn(C)nc1-c1cnn(C)c1. The van der Waals surface area contributed by atoms with Gasteiger partial charge in [0.15, 0.2) is 0 Å². The number of ether oxygens (including phenoxy) is 1. The molecule has 0 saturated carbocycles. The van der Waals surface area contributed by atoms with Crippen molar-refractivity contribution in [1.29, 1.82) is 0 Å². The van der Waals surface area contributed by atoms with Crippen molar-refractivity contribution in [3.63, 3.8) is 0 Å². The lowest BCUT2D eigenvalue weighted by Gasteiger charge is -2.21. The van der Waals surface area contributed by atoms with E-state index in [1.54, 1.807) is 15.6 Å². The topological polar surface area (TPSA) is 74.0 Å². The van der Waals surface area contributed by atoms with Crippen LogP contribution in [0.1, 0.15) is 20.3 Å². The van der Waals surface area contributed by atoms with E-state index in [0.717, 1.165) is 17.7 Å². The zero-order valence-corrected chi connectivity index (χ0v) is 14.0. The van der Waals surface area contributed by atoms with E-state index in [4.69, 9.17) is 4.74 Å². The fourth-order valence-electron chi connectivity index (χ4n) is 3.11. The lowest BCUT2D eigenvalue weighted by Crippen LogP contribution is -2.32. The second kappa shape index (κ2) is 6.16. The summed E-state index contributed by atoms with van der Waals surface area (Å²) in [5, 5.41) is 11.6. The number of carbonyl (C=O) groups excluding carboxylic acids is 1. The van der Waals surface area contributed by atoms with E-state index in [9.17, 15) is 4.79 Å². The summed E-state index contributed by atoms with van der Waals surface area (Å²) in [6.07, 6.45) is 6.19. The van der Waals surface area contributed by atoms with Crippen LogP contribution in [0.2, 0.25) is 0 Å². The standard InChI is InChI=1S/C16H23N5O2/c1-10(2)15-12(5-6-23-15)16(22)18-13-9-21(4)19-14(13)11-7-17-20(3)8-11/h7-10,12,15H,5-6H2,1-4H3,(H,18,22). The number of anilines is 1. The third-order valence-corrected chi connectivity index (χ3v) is 4.19. The first-order valence-electron chi connectivity index (χ1n) is 7.91. The molecule has 7 heteroatoms. The number of hydrogen-bond acceptors (Lipinski definition) is 4. The van der Waals surface area contributed by atoms with Gasteiger partial charge in [-0.25, -0.2) is 0 Å². The lowest BCUT2D eigenvalue weighted by atomic mass is 9.92. The highest BCUT2D eigenvalue weighted by atomic mass is 16.5. The van der Waals surface area contributed by atoms with E-state index in [1.165, 1.54) is 0 Å². The molecule has 0 aliphatic carbocycles. The molecule has 2 aromatic rings. The van der Waals surface area contributed by atoms with Crippen molar-refractivity contribution in [3.8, 4) is 11.3 Å². The van der Waals surface area contributed by atoms with Crippen LogP contribution in [0.3, 0.4) is 0 Å². The molecular formula is C16H23N5O2. The zero-order chi connectivity index (χ0) is 16.6. The predicted octanol–water partition coefficient (Wildman–Crippen LogP) is 1.82. The van der Waals surface area contributed by atoms with E-state index in [-0.39, 0.29) is 17.9 Å². The average Bonchev–Trinajstić information content (AvgIpc) is 3.18. The quantitative estimate of drug-likeness (QED) is 0.933. The zero-order valence-electron chi connectivity index (χ0n) is 14.0. The van der Waals surface area contributed by atoms with Gasteiger partial charge >= 0.3 is 0 Å². The number of amides is 1. The average molecular weight is 317 g/mol. The predicted molar refractivity (Wildman–Crippen MR) is 86.7 cm³/mol. The first-order chi connectivity index (χ1) is 11.0. The van der Waals surface area contributed by atoms with Gasteiger partial charge in [0.2, 0.25) is 5.91 Å². The second-order valence-electron chi connectivity index (χ2n) is 6.43. The first-order valence-corrected chi connectivity index (χ1v) is 7.91. The minimum Gasteiger partial charge on any atom is -0.377 e. The maximum atomic E-state index is 12.7. The van der Waals surface area contributed by atoms with Crippen LogP contribution >= 0.6 is 0 Å². The van der Waals surface area contributed by atoms with Gasteiger partial charge in [-0.05, 0) is 12.3 Å². The van der Waals surface area contributed by atoms with Gasteiger partial charge in [0.25, 0.3) is 0 Å². The van der Waals surface area contributed by atoms with Crippen LogP contribution in [-0.4, -0.2) is 38.2 Å². The van der Waals surface area contributed by atoms with E-state index >= 15 is 0 Å². The van der Waals surface area contributed by atoms with Gasteiger partial charge < -0.3 is 10.1 Å². The van der Waals surface area contributed by atoms with E-state index < -0.39 is 0 Å². The molecule has 124 valence electrons. The second-order valence-corrected chi connectivity index (χ2v) is 6.43. The van der Waals surface area contributed by atoms with Crippen LogP contribution in [0.4, 0.5) is 5.69 Å². The Labute approximate surface area is 135 Å². The monoisotopic (exact) mass is 317 g/mol. The Morgan fingerprint density at radius 2 is 2.13 bits per heavy atom. The molecule has 0 bridgehead atoms.